The summed E-state index contributed by atoms with van der Waals surface area (Å²) in [4.78, 5) is 0. The Morgan fingerprint density at radius 3 is 1.11 bits per heavy atom. The number of rotatable bonds is 15. The number of ether oxygens (including phenoxy) is 4. The summed E-state index contributed by atoms with van der Waals surface area (Å²) in [5.74, 6) is 3.29. The molecule has 0 aliphatic heterocycles. The SMILES string of the molecule is CCCCCCCCOc1ccc(C2(c3ccc(OC)cc3)c3ccc4ccccc4c3-c3c(ccc4ccccc34)C2(c2ccc(OC)cc2)c2ccc(OC)cc2)cc1. The summed E-state index contributed by atoms with van der Waals surface area (Å²) in [5, 5.41) is 4.82. The number of hydrogen-bond donors (Lipinski definition) is 0. The van der Waals surface area contributed by atoms with Crippen molar-refractivity contribution >= 4 is 21.5 Å². The number of unbranched alkanes of at least 4 members (excludes halogenated alkanes) is 5. The predicted octanol–water partition coefficient (Wildman–Crippen LogP) is 14.1. The van der Waals surface area contributed by atoms with Crippen LogP contribution in [-0.2, 0) is 10.8 Å². The van der Waals surface area contributed by atoms with E-state index in [9.17, 15) is 0 Å². The smallest absolute Gasteiger partial charge is 0.119 e. The van der Waals surface area contributed by atoms with Crippen LogP contribution in [0.25, 0.3) is 32.7 Å². The second-order valence-corrected chi connectivity index (χ2v) is 16.2. The van der Waals surface area contributed by atoms with Gasteiger partial charge in [0.25, 0.3) is 0 Å². The molecule has 0 N–H and O–H groups in total. The molecule has 0 saturated heterocycles. The largest absolute Gasteiger partial charge is 0.497 e. The Balaban J connectivity index is 1.43. The summed E-state index contributed by atoms with van der Waals surface area (Å²) >= 11 is 0. The lowest BCUT2D eigenvalue weighted by Gasteiger charge is -2.57. The Bertz CT molecular complexity index is 2700. The molecule has 9 rings (SSSR count). The van der Waals surface area contributed by atoms with Gasteiger partial charge in [-0.25, -0.2) is 0 Å². The van der Waals surface area contributed by atoms with Gasteiger partial charge in [-0.3, -0.25) is 0 Å². The van der Waals surface area contributed by atoms with Gasteiger partial charge in [0.1, 0.15) is 23.0 Å². The highest BCUT2D eigenvalue weighted by atomic mass is 16.5. The lowest BCUT2D eigenvalue weighted by Crippen LogP contribution is -2.55. The highest BCUT2D eigenvalue weighted by Crippen LogP contribution is 2.67. The Labute approximate surface area is 360 Å². The molecular formula is C57H54O4. The van der Waals surface area contributed by atoms with E-state index in [1.807, 2.05) is 0 Å². The molecule has 0 aromatic heterocycles. The van der Waals surface area contributed by atoms with Crippen molar-refractivity contribution in [1.29, 1.82) is 0 Å². The molecule has 0 spiro atoms. The van der Waals surface area contributed by atoms with E-state index in [-0.39, 0.29) is 0 Å². The summed E-state index contributed by atoms with van der Waals surface area (Å²) in [6.07, 6.45) is 7.32. The number of methoxy groups -OCH3 is 3. The first-order chi connectivity index (χ1) is 30.1. The maximum atomic E-state index is 6.48. The van der Waals surface area contributed by atoms with Crippen LogP contribution < -0.4 is 18.9 Å². The Morgan fingerprint density at radius 1 is 0.361 bits per heavy atom. The molecule has 1 atom stereocenters. The topological polar surface area (TPSA) is 36.9 Å². The third-order valence-corrected chi connectivity index (χ3v) is 13.1. The van der Waals surface area contributed by atoms with E-state index >= 15 is 0 Å². The average Bonchev–Trinajstić information content (AvgIpc) is 3.33. The van der Waals surface area contributed by atoms with Crippen molar-refractivity contribution in [1.82, 2.24) is 0 Å². The Kier molecular flexibility index (Phi) is 11.3. The monoisotopic (exact) mass is 802 g/mol. The maximum absolute atomic E-state index is 6.48. The van der Waals surface area contributed by atoms with Crippen LogP contribution in [0.15, 0.2) is 170 Å². The zero-order valence-corrected chi connectivity index (χ0v) is 35.7. The van der Waals surface area contributed by atoms with Gasteiger partial charge in [-0.1, -0.05) is 160 Å². The molecule has 4 heteroatoms. The van der Waals surface area contributed by atoms with Gasteiger partial charge in [-0.15, -0.1) is 0 Å². The maximum Gasteiger partial charge on any atom is 0.119 e. The van der Waals surface area contributed by atoms with Crippen LogP contribution in [0.5, 0.6) is 23.0 Å². The molecule has 1 aliphatic rings. The van der Waals surface area contributed by atoms with Crippen LogP contribution >= 0.6 is 0 Å². The fourth-order valence-corrected chi connectivity index (χ4v) is 10.3. The third kappa shape index (κ3) is 6.70. The van der Waals surface area contributed by atoms with E-state index in [1.165, 1.54) is 75.9 Å². The van der Waals surface area contributed by atoms with Crippen LogP contribution in [0, 0.1) is 0 Å². The summed E-state index contributed by atoms with van der Waals surface area (Å²) in [6.45, 7) is 2.96. The average molecular weight is 803 g/mol. The van der Waals surface area contributed by atoms with E-state index < -0.39 is 10.8 Å². The molecule has 0 heterocycles. The predicted molar refractivity (Wildman–Crippen MR) is 251 cm³/mol. The van der Waals surface area contributed by atoms with E-state index in [1.54, 1.807) is 21.3 Å². The van der Waals surface area contributed by atoms with Crippen LogP contribution in [0.1, 0.15) is 78.8 Å². The van der Waals surface area contributed by atoms with Gasteiger partial charge in [-0.05, 0) is 121 Å². The van der Waals surface area contributed by atoms with E-state index in [2.05, 4.69) is 177 Å². The van der Waals surface area contributed by atoms with E-state index in [0.29, 0.717) is 6.61 Å². The minimum atomic E-state index is -0.866. The Morgan fingerprint density at radius 2 is 0.721 bits per heavy atom. The summed E-state index contributed by atoms with van der Waals surface area (Å²) in [7, 11) is 5.20. The molecular weight excluding hydrogens is 749 g/mol. The van der Waals surface area contributed by atoms with Gasteiger partial charge < -0.3 is 18.9 Å². The minimum absolute atomic E-state index is 0.700. The third-order valence-electron chi connectivity index (χ3n) is 13.1. The first kappa shape index (κ1) is 39.9. The van der Waals surface area contributed by atoms with Gasteiger partial charge in [0.2, 0.25) is 0 Å². The molecule has 0 amide bonds. The second kappa shape index (κ2) is 17.2. The van der Waals surface area contributed by atoms with E-state index in [0.717, 1.165) is 51.7 Å². The van der Waals surface area contributed by atoms with Crippen LogP contribution in [0.3, 0.4) is 0 Å². The van der Waals surface area contributed by atoms with Crippen molar-refractivity contribution in [2.75, 3.05) is 27.9 Å². The lowest BCUT2D eigenvalue weighted by molar-refractivity contribution is 0.304. The zero-order valence-electron chi connectivity index (χ0n) is 35.7. The molecule has 0 bridgehead atoms. The molecule has 306 valence electrons. The molecule has 8 aromatic carbocycles. The van der Waals surface area contributed by atoms with Crippen molar-refractivity contribution in [3.63, 3.8) is 0 Å². The second-order valence-electron chi connectivity index (χ2n) is 16.2. The quantitative estimate of drug-likeness (QED) is 0.0968. The molecule has 61 heavy (non-hydrogen) atoms. The van der Waals surface area contributed by atoms with E-state index in [4.69, 9.17) is 18.9 Å². The molecule has 1 aliphatic carbocycles. The van der Waals surface area contributed by atoms with Crippen molar-refractivity contribution in [3.8, 4) is 34.1 Å². The molecule has 1 unspecified atom stereocenters. The summed E-state index contributed by atoms with van der Waals surface area (Å²) < 4.78 is 24.0. The minimum Gasteiger partial charge on any atom is -0.497 e. The molecule has 0 radical (unpaired) electrons. The molecule has 4 nitrogen and oxygen atoms in total. The van der Waals surface area contributed by atoms with Gasteiger partial charge in [0, 0.05) is 0 Å². The van der Waals surface area contributed by atoms with Crippen LogP contribution in [0.2, 0.25) is 0 Å². The molecule has 8 aromatic rings. The fraction of sp³-hybridized carbons (Fsp3) is 0.228. The first-order valence-corrected chi connectivity index (χ1v) is 21.8. The molecule has 0 fully saturated rings. The Hall–Kier alpha value is -6.52. The van der Waals surface area contributed by atoms with Crippen molar-refractivity contribution < 1.29 is 18.9 Å². The van der Waals surface area contributed by atoms with Gasteiger partial charge in [0.05, 0.1) is 38.8 Å². The van der Waals surface area contributed by atoms with Crippen molar-refractivity contribution in [2.45, 2.75) is 56.3 Å². The normalized spacial score (nSPS) is 15.2. The van der Waals surface area contributed by atoms with Crippen LogP contribution in [-0.4, -0.2) is 27.9 Å². The van der Waals surface area contributed by atoms with Crippen molar-refractivity contribution in [3.05, 3.63) is 203 Å². The summed E-state index contributed by atoms with van der Waals surface area (Å²) in [6, 6.07) is 62.4. The standard InChI is InChI=1S/C57H54O4/c1-5-6-7-8-9-14-39-61-49-35-27-45(28-36-49)57(44-25-33-48(60-4)34-26-44)53-38-20-41-16-11-13-18-51(41)55(53)54-50-17-12-10-15-40(50)19-37-52(54)56(57,42-21-29-46(58-2)30-22-42)43-23-31-47(59-3)32-24-43/h10-13,15-38H,5-9,14,39H2,1-4H3. The summed E-state index contributed by atoms with van der Waals surface area (Å²) in [5.41, 5.74) is 7.72. The van der Waals surface area contributed by atoms with Gasteiger partial charge in [0.15, 0.2) is 0 Å². The molecule has 0 saturated carbocycles. The number of hydrogen-bond acceptors (Lipinski definition) is 4. The highest BCUT2D eigenvalue weighted by molar-refractivity contribution is 6.11. The fourth-order valence-electron chi connectivity index (χ4n) is 10.3. The van der Waals surface area contributed by atoms with Gasteiger partial charge in [-0.2, -0.15) is 0 Å². The lowest BCUT2D eigenvalue weighted by atomic mass is 9.43. The number of fused-ring (bicyclic) bond motifs is 7. The number of benzene rings is 8. The zero-order chi connectivity index (χ0) is 41.8. The van der Waals surface area contributed by atoms with Gasteiger partial charge >= 0.3 is 0 Å². The van der Waals surface area contributed by atoms with Crippen LogP contribution in [0.4, 0.5) is 0 Å². The van der Waals surface area contributed by atoms with Crippen molar-refractivity contribution in [2.24, 2.45) is 0 Å². The first-order valence-electron chi connectivity index (χ1n) is 21.8. The highest BCUT2D eigenvalue weighted by Gasteiger charge is 2.61.